The van der Waals surface area contributed by atoms with Gasteiger partial charge in [0, 0.05) is 0 Å². The van der Waals surface area contributed by atoms with Crippen LogP contribution in [0.4, 0.5) is 5.95 Å². The first kappa shape index (κ1) is 8.58. The molecule has 0 unspecified atom stereocenters. The van der Waals surface area contributed by atoms with Crippen LogP contribution in [0.25, 0.3) is 5.65 Å². The Morgan fingerprint density at radius 1 is 1.54 bits per heavy atom. The van der Waals surface area contributed by atoms with Gasteiger partial charge < -0.3 is 5.73 Å². The zero-order valence-corrected chi connectivity index (χ0v) is 8.30. The predicted molar refractivity (Wildman–Crippen MR) is 52.0 cm³/mol. The molecule has 2 aromatic rings. The minimum atomic E-state index is 0.300. The number of hydrogen-bond acceptors (Lipinski definition) is 5. The molecule has 0 saturated heterocycles. The minimum Gasteiger partial charge on any atom is -0.368 e. The second-order valence-electron chi connectivity index (χ2n) is 2.31. The molecular weight excluding hydrogens is 210 g/mol. The topological polar surface area (TPSA) is 69.1 Å². The Hall–Kier alpha value is -1.01. The van der Waals surface area contributed by atoms with Crippen LogP contribution < -0.4 is 5.73 Å². The lowest BCUT2D eigenvalue weighted by molar-refractivity contribution is 0.910. The van der Waals surface area contributed by atoms with Gasteiger partial charge in [-0.25, -0.2) is 9.38 Å². The van der Waals surface area contributed by atoms with Crippen LogP contribution in [0, 0.1) is 0 Å². The van der Waals surface area contributed by atoms with E-state index in [4.69, 9.17) is 17.3 Å². The molecule has 0 atom stereocenters. The highest BCUT2D eigenvalue weighted by Gasteiger charge is 2.10. The number of halogens is 1. The zero-order chi connectivity index (χ0) is 9.42. The maximum Gasteiger partial charge on any atom is 0.228 e. The number of nitrogen functional groups attached to an aromatic ring is 1. The molecule has 0 aliphatic heterocycles. The normalized spacial score (nSPS) is 10.9. The smallest absolute Gasteiger partial charge is 0.228 e. The SMILES string of the molecule is CSc1ncc(Cl)c2nnc(N)n12. The second kappa shape index (κ2) is 3.04. The molecule has 0 bridgehead atoms. The fraction of sp³-hybridized carbons (Fsp3) is 0.167. The second-order valence-corrected chi connectivity index (χ2v) is 3.49. The first-order valence-corrected chi connectivity index (χ1v) is 5.03. The van der Waals surface area contributed by atoms with E-state index in [1.165, 1.54) is 18.0 Å². The third kappa shape index (κ3) is 1.22. The van der Waals surface area contributed by atoms with Crippen molar-refractivity contribution in [3.05, 3.63) is 11.2 Å². The van der Waals surface area contributed by atoms with E-state index in [2.05, 4.69) is 15.2 Å². The van der Waals surface area contributed by atoms with Crippen LogP contribution in [0.2, 0.25) is 5.02 Å². The van der Waals surface area contributed by atoms with Crippen LogP contribution >= 0.6 is 23.4 Å². The number of rotatable bonds is 1. The van der Waals surface area contributed by atoms with E-state index in [1.807, 2.05) is 6.26 Å². The van der Waals surface area contributed by atoms with Crippen molar-refractivity contribution in [2.75, 3.05) is 12.0 Å². The lowest BCUT2D eigenvalue weighted by Gasteiger charge is -2.01. The van der Waals surface area contributed by atoms with Gasteiger partial charge in [-0.3, -0.25) is 0 Å². The van der Waals surface area contributed by atoms with Crippen molar-refractivity contribution in [1.82, 2.24) is 19.6 Å². The van der Waals surface area contributed by atoms with Gasteiger partial charge in [-0.05, 0) is 6.26 Å². The molecule has 0 radical (unpaired) electrons. The number of aromatic nitrogens is 4. The molecule has 0 saturated carbocycles. The Morgan fingerprint density at radius 3 is 3.00 bits per heavy atom. The summed E-state index contributed by atoms with van der Waals surface area (Å²) in [6.45, 7) is 0. The first-order chi connectivity index (χ1) is 6.24. The van der Waals surface area contributed by atoms with Crippen LogP contribution in [0.1, 0.15) is 0 Å². The molecule has 13 heavy (non-hydrogen) atoms. The minimum absolute atomic E-state index is 0.300. The van der Waals surface area contributed by atoms with Crippen LogP contribution in [0.5, 0.6) is 0 Å². The molecule has 68 valence electrons. The lowest BCUT2D eigenvalue weighted by Crippen LogP contribution is -1.99. The molecule has 0 amide bonds. The molecule has 2 N–H and O–H groups in total. The number of thioether (sulfide) groups is 1. The molecule has 2 rings (SSSR count). The maximum atomic E-state index is 5.85. The molecule has 2 aromatic heterocycles. The van der Waals surface area contributed by atoms with Gasteiger partial charge in [0.05, 0.1) is 6.20 Å². The van der Waals surface area contributed by atoms with Crippen LogP contribution in [0.15, 0.2) is 11.4 Å². The summed E-state index contributed by atoms with van der Waals surface area (Å²) in [4.78, 5) is 4.09. The Morgan fingerprint density at radius 2 is 2.31 bits per heavy atom. The Labute approximate surface area is 83.3 Å². The molecule has 0 aliphatic rings. The highest BCUT2D eigenvalue weighted by molar-refractivity contribution is 7.98. The van der Waals surface area contributed by atoms with Crippen molar-refractivity contribution in [3.63, 3.8) is 0 Å². The van der Waals surface area contributed by atoms with Gasteiger partial charge in [-0.1, -0.05) is 23.4 Å². The molecular formula is C6H6ClN5S. The van der Waals surface area contributed by atoms with Crippen molar-refractivity contribution in [1.29, 1.82) is 0 Å². The summed E-state index contributed by atoms with van der Waals surface area (Å²) in [6, 6.07) is 0. The van der Waals surface area contributed by atoms with Gasteiger partial charge in [0.25, 0.3) is 0 Å². The molecule has 2 heterocycles. The van der Waals surface area contributed by atoms with Crippen LogP contribution in [-0.2, 0) is 0 Å². The molecule has 7 heteroatoms. The third-order valence-electron chi connectivity index (χ3n) is 1.56. The number of nitrogens with two attached hydrogens (primary N) is 1. The van der Waals surface area contributed by atoms with Crippen LogP contribution in [-0.4, -0.2) is 25.8 Å². The lowest BCUT2D eigenvalue weighted by atomic mass is 10.6. The van der Waals surface area contributed by atoms with Crippen molar-refractivity contribution in [3.8, 4) is 0 Å². The van der Waals surface area contributed by atoms with Crippen LogP contribution in [0.3, 0.4) is 0 Å². The average molecular weight is 216 g/mol. The standard InChI is InChI=1S/C6H6ClN5S/c1-13-6-9-2-3(7)4-10-11-5(8)12(4)6/h2H,1H3,(H2,8,11). The van der Waals surface area contributed by atoms with E-state index in [9.17, 15) is 0 Å². The Bertz CT molecular complexity index is 453. The molecule has 0 spiro atoms. The number of fused-ring (bicyclic) bond motifs is 1. The van der Waals surface area contributed by atoms with Gasteiger partial charge in [0.15, 0.2) is 10.8 Å². The number of anilines is 1. The average Bonchev–Trinajstić information content (AvgIpc) is 2.51. The maximum absolute atomic E-state index is 5.85. The third-order valence-corrected chi connectivity index (χ3v) is 2.48. The van der Waals surface area contributed by atoms with E-state index >= 15 is 0 Å². The van der Waals surface area contributed by atoms with Gasteiger partial charge in [0.1, 0.15) is 5.02 Å². The summed E-state index contributed by atoms with van der Waals surface area (Å²) in [5.41, 5.74) is 6.14. The molecule has 0 aliphatic carbocycles. The highest BCUT2D eigenvalue weighted by atomic mass is 35.5. The first-order valence-electron chi connectivity index (χ1n) is 3.43. The predicted octanol–water partition coefficient (Wildman–Crippen LogP) is 1.08. The fourth-order valence-electron chi connectivity index (χ4n) is 1.01. The largest absolute Gasteiger partial charge is 0.368 e. The summed E-state index contributed by atoms with van der Waals surface area (Å²) in [5, 5.41) is 8.72. The quantitative estimate of drug-likeness (QED) is 0.570. The van der Waals surface area contributed by atoms with E-state index in [1.54, 1.807) is 4.40 Å². The van der Waals surface area contributed by atoms with Gasteiger partial charge in [-0.2, -0.15) is 0 Å². The number of nitrogens with zero attached hydrogens (tertiary/aromatic N) is 4. The van der Waals surface area contributed by atoms with Gasteiger partial charge in [0.2, 0.25) is 5.95 Å². The van der Waals surface area contributed by atoms with Gasteiger partial charge in [-0.15, -0.1) is 10.2 Å². The molecule has 5 nitrogen and oxygen atoms in total. The van der Waals surface area contributed by atoms with E-state index < -0.39 is 0 Å². The number of hydrogen-bond donors (Lipinski definition) is 1. The summed E-state index contributed by atoms with van der Waals surface area (Å²) in [5.74, 6) is 0.300. The van der Waals surface area contributed by atoms with E-state index in [0.717, 1.165) is 5.16 Å². The molecule has 0 fully saturated rings. The van der Waals surface area contributed by atoms with Crippen molar-refractivity contribution < 1.29 is 0 Å². The van der Waals surface area contributed by atoms with E-state index in [0.29, 0.717) is 16.6 Å². The Balaban J connectivity index is 2.88. The summed E-state index contributed by atoms with van der Waals surface area (Å²) >= 11 is 7.31. The molecule has 0 aromatic carbocycles. The highest BCUT2D eigenvalue weighted by Crippen LogP contribution is 2.21. The monoisotopic (exact) mass is 215 g/mol. The van der Waals surface area contributed by atoms with Crippen molar-refractivity contribution >= 4 is 35.0 Å². The van der Waals surface area contributed by atoms with Gasteiger partial charge >= 0.3 is 0 Å². The Kier molecular flexibility index (Phi) is 2.01. The summed E-state index contributed by atoms with van der Waals surface area (Å²) in [6.07, 6.45) is 3.44. The van der Waals surface area contributed by atoms with E-state index in [-0.39, 0.29) is 0 Å². The van der Waals surface area contributed by atoms with Crippen molar-refractivity contribution in [2.24, 2.45) is 0 Å². The van der Waals surface area contributed by atoms with Crippen molar-refractivity contribution in [2.45, 2.75) is 5.16 Å². The fourth-order valence-corrected chi connectivity index (χ4v) is 1.70. The summed E-state index contributed by atoms with van der Waals surface area (Å²) in [7, 11) is 0. The summed E-state index contributed by atoms with van der Waals surface area (Å²) < 4.78 is 1.62. The zero-order valence-electron chi connectivity index (χ0n) is 6.73.